The average Bonchev–Trinajstić information content (AvgIpc) is 3.10. The van der Waals surface area contributed by atoms with E-state index in [1.807, 2.05) is 6.20 Å². The van der Waals surface area contributed by atoms with Crippen LogP contribution in [0.4, 0.5) is 0 Å². The van der Waals surface area contributed by atoms with E-state index in [1.165, 1.54) is 48.6 Å². The van der Waals surface area contributed by atoms with E-state index in [0.29, 0.717) is 12.1 Å². The van der Waals surface area contributed by atoms with Crippen LogP contribution in [0.1, 0.15) is 44.1 Å². The van der Waals surface area contributed by atoms with Crippen LogP contribution in [0.15, 0.2) is 30.5 Å². The van der Waals surface area contributed by atoms with E-state index in [0.717, 1.165) is 26.1 Å². The van der Waals surface area contributed by atoms with Gasteiger partial charge >= 0.3 is 0 Å². The predicted molar refractivity (Wildman–Crippen MR) is 98.0 cm³/mol. The maximum atomic E-state index is 10.3. The molecule has 0 amide bonds. The van der Waals surface area contributed by atoms with Gasteiger partial charge in [0.1, 0.15) is 0 Å². The maximum absolute atomic E-state index is 10.3. The van der Waals surface area contributed by atoms with E-state index < -0.39 is 0 Å². The molecule has 1 saturated carbocycles. The number of aliphatic hydroxyl groups is 1. The quantitative estimate of drug-likeness (QED) is 0.809. The third-order valence-corrected chi connectivity index (χ3v) is 5.96. The summed E-state index contributed by atoms with van der Waals surface area (Å²) in [7, 11) is 0. The van der Waals surface area contributed by atoms with E-state index in [9.17, 15) is 5.11 Å². The Bertz CT molecular complexity index is 660. The van der Waals surface area contributed by atoms with Gasteiger partial charge in [-0.25, -0.2) is 0 Å². The van der Waals surface area contributed by atoms with Gasteiger partial charge in [0.25, 0.3) is 0 Å². The zero-order valence-electron chi connectivity index (χ0n) is 14.4. The Kier molecular flexibility index (Phi) is 4.88. The lowest BCUT2D eigenvalue weighted by molar-refractivity contribution is 0.00714. The Hall–Kier alpha value is -1.36. The van der Waals surface area contributed by atoms with Crippen molar-refractivity contribution in [2.24, 2.45) is 0 Å². The molecule has 0 bridgehead atoms. The second kappa shape index (κ2) is 7.26. The highest BCUT2D eigenvalue weighted by Gasteiger charge is 2.31. The number of piperidine rings is 1. The van der Waals surface area contributed by atoms with Crippen LogP contribution in [-0.4, -0.2) is 46.3 Å². The fraction of sp³-hybridized carbons (Fsp3) is 0.600. The number of aliphatic hydroxyl groups excluding tert-OH is 1. The van der Waals surface area contributed by atoms with Crippen molar-refractivity contribution in [3.63, 3.8) is 0 Å². The number of fused-ring (bicyclic) bond motifs is 1. The number of rotatable bonds is 4. The lowest BCUT2D eigenvalue weighted by Gasteiger charge is -2.41. The van der Waals surface area contributed by atoms with Crippen molar-refractivity contribution >= 4 is 10.9 Å². The van der Waals surface area contributed by atoms with Gasteiger partial charge in [-0.2, -0.15) is 0 Å². The molecule has 1 saturated heterocycles. The first-order valence-corrected chi connectivity index (χ1v) is 9.52. The summed E-state index contributed by atoms with van der Waals surface area (Å²) in [5.41, 5.74) is 2.59. The number of benzene rings is 1. The van der Waals surface area contributed by atoms with Gasteiger partial charge < -0.3 is 15.4 Å². The first-order valence-electron chi connectivity index (χ1n) is 9.52. The van der Waals surface area contributed by atoms with Crippen LogP contribution < -0.4 is 5.32 Å². The van der Waals surface area contributed by atoms with Crippen molar-refractivity contribution in [1.29, 1.82) is 0 Å². The van der Waals surface area contributed by atoms with Crippen molar-refractivity contribution in [1.82, 2.24) is 15.2 Å². The van der Waals surface area contributed by atoms with E-state index in [4.69, 9.17) is 0 Å². The lowest BCUT2D eigenvalue weighted by atomic mass is 9.89. The van der Waals surface area contributed by atoms with Gasteiger partial charge in [0, 0.05) is 48.8 Å². The van der Waals surface area contributed by atoms with Crippen LogP contribution >= 0.6 is 0 Å². The number of hydrogen-bond donors (Lipinski definition) is 3. The standard InChI is InChI=1S/C20H29N3O/c24-20-7-2-1-6-19(20)23-12-9-16(10-13-23)22-14-15-4-3-5-18-17(15)8-11-21-18/h3-5,8,11,16,19-22,24H,1-2,6-7,9-10,12-14H2. The number of aromatic nitrogens is 1. The van der Waals surface area contributed by atoms with Crippen molar-refractivity contribution in [3.8, 4) is 0 Å². The first-order chi connectivity index (χ1) is 11.8. The van der Waals surface area contributed by atoms with E-state index >= 15 is 0 Å². The first kappa shape index (κ1) is 16.1. The smallest absolute Gasteiger partial charge is 0.0695 e. The number of nitrogens with one attached hydrogen (secondary N) is 2. The number of likely N-dealkylation sites (tertiary alicyclic amines) is 1. The molecule has 1 aliphatic carbocycles. The minimum Gasteiger partial charge on any atom is -0.391 e. The topological polar surface area (TPSA) is 51.3 Å². The third-order valence-electron chi connectivity index (χ3n) is 5.96. The number of aromatic amines is 1. The molecule has 130 valence electrons. The van der Waals surface area contributed by atoms with Crippen LogP contribution in [-0.2, 0) is 6.54 Å². The molecule has 4 nitrogen and oxygen atoms in total. The van der Waals surface area contributed by atoms with Crippen molar-refractivity contribution in [2.75, 3.05) is 13.1 Å². The Morgan fingerprint density at radius 3 is 2.75 bits per heavy atom. The van der Waals surface area contributed by atoms with Gasteiger partial charge in [0.2, 0.25) is 0 Å². The second-order valence-corrected chi connectivity index (χ2v) is 7.47. The lowest BCUT2D eigenvalue weighted by Crippen LogP contribution is -2.51. The highest BCUT2D eigenvalue weighted by molar-refractivity contribution is 5.82. The minimum absolute atomic E-state index is 0.102. The summed E-state index contributed by atoms with van der Waals surface area (Å²) in [6.45, 7) is 3.17. The molecular formula is C20H29N3O. The van der Waals surface area contributed by atoms with Crippen LogP contribution in [0, 0.1) is 0 Å². The van der Waals surface area contributed by atoms with Gasteiger partial charge in [-0.1, -0.05) is 25.0 Å². The summed E-state index contributed by atoms with van der Waals surface area (Å²) in [5, 5.41) is 15.3. The molecule has 2 aromatic rings. The van der Waals surface area contributed by atoms with Gasteiger partial charge in [0.15, 0.2) is 0 Å². The molecule has 4 rings (SSSR count). The number of nitrogens with zero attached hydrogens (tertiary/aromatic N) is 1. The molecule has 2 unspecified atom stereocenters. The largest absolute Gasteiger partial charge is 0.391 e. The Balaban J connectivity index is 1.29. The number of H-pyrrole nitrogens is 1. The van der Waals surface area contributed by atoms with Crippen molar-refractivity contribution < 1.29 is 5.11 Å². The van der Waals surface area contributed by atoms with Crippen LogP contribution in [0.3, 0.4) is 0 Å². The van der Waals surface area contributed by atoms with E-state index in [1.54, 1.807) is 0 Å². The highest BCUT2D eigenvalue weighted by Crippen LogP contribution is 2.26. The van der Waals surface area contributed by atoms with Crippen LogP contribution in [0.25, 0.3) is 10.9 Å². The monoisotopic (exact) mass is 327 g/mol. The number of hydrogen-bond acceptors (Lipinski definition) is 3. The molecule has 3 N–H and O–H groups in total. The van der Waals surface area contributed by atoms with Crippen LogP contribution in [0.5, 0.6) is 0 Å². The normalized spacial score (nSPS) is 26.9. The highest BCUT2D eigenvalue weighted by atomic mass is 16.3. The van der Waals surface area contributed by atoms with E-state index in [2.05, 4.69) is 39.5 Å². The molecule has 24 heavy (non-hydrogen) atoms. The van der Waals surface area contributed by atoms with Gasteiger partial charge in [0.05, 0.1) is 6.10 Å². The molecule has 0 radical (unpaired) electrons. The minimum atomic E-state index is -0.102. The SMILES string of the molecule is OC1CCCCC1N1CCC(NCc2cccc3[nH]ccc23)CC1. The third kappa shape index (κ3) is 3.37. The zero-order valence-corrected chi connectivity index (χ0v) is 14.4. The fourth-order valence-electron chi connectivity index (χ4n) is 4.51. The predicted octanol–water partition coefficient (Wildman–Crippen LogP) is 3.03. The second-order valence-electron chi connectivity index (χ2n) is 7.47. The fourth-order valence-corrected chi connectivity index (χ4v) is 4.51. The van der Waals surface area contributed by atoms with Gasteiger partial charge in [-0.3, -0.25) is 4.90 Å². The Morgan fingerprint density at radius 2 is 1.92 bits per heavy atom. The molecule has 4 heteroatoms. The average molecular weight is 327 g/mol. The maximum Gasteiger partial charge on any atom is 0.0695 e. The molecule has 1 aliphatic heterocycles. The van der Waals surface area contributed by atoms with E-state index in [-0.39, 0.29) is 6.10 Å². The van der Waals surface area contributed by atoms with Crippen molar-refractivity contribution in [3.05, 3.63) is 36.0 Å². The summed E-state index contributed by atoms with van der Waals surface area (Å²) in [4.78, 5) is 5.82. The Morgan fingerprint density at radius 1 is 1.08 bits per heavy atom. The van der Waals surface area contributed by atoms with Gasteiger partial charge in [-0.15, -0.1) is 0 Å². The molecular weight excluding hydrogens is 298 g/mol. The summed E-state index contributed by atoms with van der Waals surface area (Å²) in [6, 6.07) is 9.65. The summed E-state index contributed by atoms with van der Waals surface area (Å²) >= 11 is 0. The van der Waals surface area contributed by atoms with Crippen molar-refractivity contribution in [2.45, 2.75) is 63.3 Å². The van der Waals surface area contributed by atoms with Crippen LogP contribution in [0.2, 0.25) is 0 Å². The molecule has 2 heterocycles. The molecule has 2 atom stereocenters. The molecule has 1 aromatic carbocycles. The summed E-state index contributed by atoms with van der Waals surface area (Å²) in [6.07, 6.45) is 8.93. The van der Waals surface area contributed by atoms with Gasteiger partial charge in [-0.05, 0) is 43.4 Å². The zero-order chi connectivity index (χ0) is 16.4. The molecule has 1 aromatic heterocycles. The molecule has 2 aliphatic rings. The Labute approximate surface area is 144 Å². The molecule has 0 spiro atoms. The molecule has 2 fully saturated rings. The summed E-state index contributed by atoms with van der Waals surface area (Å²) < 4.78 is 0. The summed E-state index contributed by atoms with van der Waals surface area (Å²) in [5.74, 6) is 0.